The predicted molar refractivity (Wildman–Crippen MR) is 292 cm³/mol. The van der Waals surface area contributed by atoms with E-state index in [1.165, 1.54) is 12.7 Å². The number of amides is 4. The molecule has 0 atom stereocenters. The standard InChI is InChI=1S/C25H27Cl2N7O2.C17H11Cl3N4O.C8H17N3O/c1-2-31-25(24(28)36)11-13-34(14-12-25)22-20(33-23(35)18-5-3-4-6-19(18)27)21(29-15-30-22)32-17-9-7-16(26)8-10-17;18-10-5-7-11(8-6-10)23-16-14(15(20)21-9-22-16)24-17(25)12-3-1-2-4-13(12)19;1-2-11-8(7(9)12)3-5-10-6-4-8/h3-10,15,31H,2,11-14H2,1H3,(H2,28,36)(H,33,35)(H,29,30,32);1-9H,(H,24,25)(H,21,22,23);10-11H,2-6H2,1H3,(H2,9,12). The first-order valence-electron chi connectivity index (χ1n) is 23.2. The second-order valence-electron chi connectivity index (χ2n) is 16.6. The number of halogens is 5. The van der Waals surface area contributed by atoms with Gasteiger partial charge in [-0.2, -0.15) is 0 Å². The van der Waals surface area contributed by atoms with Crippen LogP contribution in [0.3, 0.4) is 0 Å². The number of hydrogen-bond acceptors (Lipinski definition) is 14. The maximum Gasteiger partial charge on any atom is 0.257 e. The van der Waals surface area contributed by atoms with Crippen molar-refractivity contribution in [2.45, 2.75) is 50.6 Å². The Morgan fingerprint density at radius 1 is 0.575 bits per heavy atom. The van der Waals surface area contributed by atoms with Gasteiger partial charge in [0.15, 0.2) is 22.6 Å². The van der Waals surface area contributed by atoms with Crippen molar-refractivity contribution in [3.05, 3.63) is 146 Å². The van der Waals surface area contributed by atoms with Crippen molar-refractivity contribution in [2.75, 3.05) is 65.4 Å². The van der Waals surface area contributed by atoms with E-state index in [-0.39, 0.29) is 22.7 Å². The van der Waals surface area contributed by atoms with Crippen molar-refractivity contribution in [1.29, 1.82) is 0 Å². The number of aromatic nitrogens is 4. The first-order valence-corrected chi connectivity index (χ1v) is 25.1. The Bertz CT molecular complexity index is 2840. The first kappa shape index (κ1) is 56.0. The van der Waals surface area contributed by atoms with Gasteiger partial charge in [-0.1, -0.05) is 96.1 Å². The van der Waals surface area contributed by atoms with Crippen molar-refractivity contribution in [1.82, 2.24) is 35.9 Å². The fraction of sp³-hybridized carbons (Fsp3) is 0.280. The van der Waals surface area contributed by atoms with E-state index in [0.29, 0.717) is 86.8 Å². The second kappa shape index (κ2) is 26.6. The van der Waals surface area contributed by atoms with Gasteiger partial charge in [0.1, 0.15) is 35.1 Å². The summed E-state index contributed by atoms with van der Waals surface area (Å²) < 4.78 is 0. The van der Waals surface area contributed by atoms with E-state index in [1.807, 2.05) is 30.9 Å². The number of carbonyl (C=O) groups is 4. The van der Waals surface area contributed by atoms with Crippen LogP contribution in [0.25, 0.3) is 0 Å². The van der Waals surface area contributed by atoms with E-state index < -0.39 is 22.9 Å². The van der Waals surface area contributed by atoms with Crippen LogP contribution in [0.2, 0.25) is 25.2 Å². The summed E-state index contributed by atoms with van der Waals surface area (Å²) in [5.74, 6) is -0.122. The molecule has 2 saturated heterocycles. The molecule has 0 saturated carbocycles. The van der Waals surface area contributed by atoms with Crippen LogP contribution in [0.5, 0.6) is 0 Å². The zero-order valence-electron chi connectivity index (χ0n) is 39.9. The van der Waals surface area contributed by atoms with Crippen molar-refractivity contribution >= 4 is 122 Å². The summed E-state index contributed by atoms with van der Waals surface area (Å²) in [6.07, 6.45) is 5.33. The normalized spacial score (nSPS) is 14.5. The van der Waals surface area contributed by atoms with Gasteiger partial charge < -0.3 is 53.6 Å². The van der Waals surface area contributed by atoms with E-state index in [2.05, 4.69) is 57.2 Å². The Balaban J connectivity index is 0.000000202. The summed E-state index contributed by atoms with van der Waals surface area (Å²) in [4.78, 5) is 68.1. The fourth-order valence-corrected chi connectivity index (χ4v) is 8.91. The summed E-state index contributed by atoms with van der Waals surface area (Å²) in [6.45, 7) is 8.11. The van der Waals surface area contributed by atoms with Gasteiger partial charge in [0, 0.05) is 34.5 Å². The molecule has 18 nitrogen and oxygen atoms in total. The second-order valence-corrected chi connectivity index (χ2v) is 18.7. The van der Waals surface area contributed by atoms with Crippen LogP contribution in [0, 0.1) is 0 Å². The van der Waals surface area contributed by atoms with Crippen LogP contribution in [0.15, 0.2) is 110 Å². The monoisotopic (exact) mass is 1090 g/mol. The number of anilines is 7. The third-order valence-electron chi connectivity index (χ3n) is 11.9. The molecule has 11 N–H and O–H groups in total. The highest BCUT2D eigenvalue weighted by Gasteiger charge is 2.40. The molecule has 2 aromatic heterocycles. The molecule has 4 heterocycles. The van der Waals surface area contributed by atoms with Gasteiger partial charge in [0.05, 0.1) is 21.2 Å². The van der Waals surface area contributed by atoms with Gasteiger partial charge in [-0.05, 0) is 125 Å². The molecule has 0 aliphatic carbocycles. The average molecular weight is 1090 g/mol. The number of nitrogens with zero attached hydrogens (tertiary/aromatic N) is 5. The van der Waals surface area contributed by atoms with Crippen LogP contribution in [0.1, 0.15) is 60.2 Å². The molecule has 2 fully saturated rings. The van der Waals surface area contributed by atoms with Gasteiger partial charge in [0.25, 0.3) is 11.8 Å². The molecule has 6 aromatic rings. The van der Waals surface area contributed by atoms with Crippen LogP contribution in [-0.2, 0) is 9.59 Å². The quantitative estimate of drug-likeness (QED) is 0.0436. The number of rotatable bonds is 15. The zero-order valence-corrected chi connectivity index (χ0v) is 43.7. The topological polar surface area (TPSA) is 259 Å². The summed E-state index contributed by atoms with van der Waals surface area (Å²) in [7, 11) is 0. The lowest BCUT2D eigenvalue weighted by Gasteiger charge is -2.41. The summed E-state index contributed by atoms with van der Waals surface area (Å²) in [6, 6.07) is 27.6. The molecule has 384 valence electrons. The van der Waals surface area contributed by atoms with Crippen LogP contribution >= 0.6 is 58.0 Å². The van der Waals surface area contributed by atoms with Crippen molar-refractivity contribution in [3.8, 4) is 0 Å². The van der Waals surface area contributed by atoms with Gasteiger partial charge in [-0.25, -0.2) is 19.9 Å². The highest BCUT2D eigenvalue weighted by atomic mass is 35.5. The number of nitrogens with two attached hydrogens (primary N) is 2. The smallest absolute Gasteiger partial charge is 0.257 e. The largest absolute Gasteiger partial charge is 0.368 e. The molecular weight excluding hydrogens is 1040 g/mol. The highest BCUT2D eigenvalue weighted by molar-refractivity contribution is 6.36. The third-order valence-corrected chi connectivity index (χ3v) is 13.4. The van der Waals surface area contributed by atoms with Crippen molar-refractivity contribution in [3.63, 3.8) is 0 Å². The number of benzene rings is 4. The molecule has 0 radical (unpaired) electrons. The Labute approximate surface area is 448 Å². The van der Waals surface area contributed by atoms with E-state index in [1.54, 1.807) is 84.9 Å². The van der Waals surface area contributed by atoms with Crippen LogP contribution < -0.4 is 53.6 Å². The molecule has 0 unspecified atom stereocenters. The lowest BCUT2D eigenvalue weighted by molar-refractivity contribution is -0.126. The number of primary amides is 2. The Morgan fingerprint density at radius 2 is 1.00 bits per heavy atom. The summed E-state index contributed by atoms with van der Waals surface area (Å²) in [5, 5.41) is 23.6. The SMILES string of the molecule is CCNC1(C(N)=O)CCN(c2ncnc(Nc3ccc(Cl)cc3)c2NC(=O)c2ccccc2Cl)CC1.CCNC1(C(N)=O)CCNCC1.O=C(Nc1c(Cl)ncnc1Nc1ccc(Cl)cc1)c1ccccc1Cl. The van der Waals surface area contributed by atoms with Gasteiger partial charge in [-0.15, -0.1) is 0 Å². The zero-order chi connectivity index (χ0) is 52.5. The minimum Gasteiger partial charge on any atom is -0.368 e. The highest BCUT2D eigenvalue weighted by Crippen LogP contribution is 2.36. The van der Waals surface area contributed by atoms with E-state index in [0.717, 1.165) is 43.9 Å². The summed E-state index contributed by atoms with van der Waals surface area (Å²) >= 11 is 30.4. The van der Waals surface area contributed by atoms with Gasteiger partial charge >= 0.3 is 0 Å². The number of nitrogens with one attached hydrogen (secondary N) is 7. The minimum absolute atomic E-state index is 0.104. The first-order chi connectivity index (χ1) is 35.1. The summed E-state index contributed by atoms with van der Waals surface area (Å²) in [5.41, 5.74) is 12.6. The molecule has 2 aliphatic rings. The molecule has 0 spiro atoms. The van der Waals surface area contributed by atoms with Crippen LogP contribution in [-0.4, -0.2) is 93.9 Å². The Hall–Kier alpha value is -6.35. The average Bonchev–Trinajstić information content (AvgIpc) is 3.38. The Kier molecular flexibility index (Phi) is 20.4. The van der Waals surface area contributed by atoms with Gasteiger partial charge in [0.2, 0.25) is 11.8 Å². The molecule has 0 bridgehead atoms. The van der Waals surface area contributed by atoms with Crippen LogP contribution in [0.4, 0.5) is 40.2 Å². The van der Waals surface area contributed by atoms with Crippen molar-refractivity contribution < 1.29 is 19.2 Å². The van der Waals surface area contributed by atoms with E-state index in [9.17, 15) is 19.2 Å². The molecule has 23 heteroatoms. The molecule has 8 rings (SSSR count). The number of likely N-dealkylation sites (N-methyl/N-ethyl adjacent to an activating group) is 2. The molecular formula is C50H55Cl5N14O4. The maximum atomic E-state index is 13.2. The molecule has 73 heavy (non-hydrogen) atoms. The third kappa shape index (κ3) is 14.9. The lowest BCUT2D eigenvalue weighted by atomic mass is 9.86. The van der Waals surface area contributed by atoms with E-state index in [4.69, 9.17) is 69.5 Å². The molecule has 2 aliphatic heterocycles. The van der Waals surface area contributed by atoms with E-state index >= 15 is 0 Å². The number of carbonyl (C=O) groups excluding carboxylic acids is 4. The lowest BCUT2D eigenvalue weighted by Crippen LogP contribution is -2.61. The predicted octanol–water partition coefficient (Wildman–Crippen LogP) is 8.85. The maximum absolute atomic E-state index is 13.2. The number of piperidine rings is 2. The van der Waals surface area contributed by atoms with Gasteiger partial charge in [-0.3, -0.25) is 19.2 Å². The fourth-order valence-electron chi connectivity index (χ4n) is 8.04. The molecule has 4 amide bonds. The minimum atomic E-state index is -0.774. The molecule has 4 aromatic carbocycles. The Morgan fingerprint density at radius 3 is 1.45 bits per heavy atom. The van der Waals surface area contributed by atoms with Crippen molar-refractivity contribution in [2.24, 2.45) is 11.5 Å². The number of hydrogen-bond donors (Lipinski definition) is 9.